The van der Waals surface area contributed by atoms with Crippen molar-refractivity contribution in [3.63, 3.8) is 0 Å². The second-order valence-electron chi connectivity index (χ2n) is 6.38. The van der Waals surface area contributed by atoms with Crippen molar-refractivity contribution < 1.29 is 17.9 Å². The third kappa shape index (κ3) is 5.56. The largest absolute Gasteiger partial charge is 0.492 e. The summed E-state index contributed by atoms with van der Waals surface area (Å²) < 4.78 is 28.3. The Hall–Kier alpha value is -2.86. The Morgan fingerprint density at radius 2 is 1.67 bits per heavy atom. The maximum atomic E-state index is 12.1. The van der Waals surface area contributed by atoms with Crippen molar-refractivity contribution in [1.29, 1.82) is 0 Å². The van der Waals surface area contributed by atoms with Gasteiger partial charge in [-0.1, -0.05) is 42.5 Å². The maximum absolute atomic E-state index is 12.1. The van der Waals surface area contributed by atoms with E-state index < -0.39 is 9.84 Å². The van der Waals surface area contributed by atoms with Crippen LogP contribution in [0.15, 0.2) is 66.7 Å². The number of rotatable bonds is 7. The Morgan fingerprint density at radius 3 is 2.37 bits per heavy atom. The summed E-state index contributed by atoms with van der Waals surface area (Å²) in [4.78, 5) is 12.1. The third-order valence-corrected chi connectivity index (χ3v) is 4.88. The van der Waals surface area contributed by atoms with E-state index in [1.165, 1.54) is 6.26 Å². The topological polar surface area (TPSA) is 72.5 Å². The van der Waals surface area contributed by atoms with Crippen molar-refractivity contribution in [3.05, 3.63) is 77.9 Å². The lowest BCUT2D eigenvalue weighted by Crippen LogP contribution is -2.28. The summed E-state index contributed by atoms with van der Waals surface area (Å²) in [5.74, 6) is 0.505. The number of ether oxygens (including phenoxy) is 1. The van der Waals surface area contributed by atoms with E-state index in [9.17, 15) is 13.2 Å². The minimum atomic E-state index is -3.09. The minimum absolute atomic E-state index is 0.0332. The first-order valence-corrected chi connectivity index (χ1v) is 10.6. The number of carbonyl (C=O) groups excluding carboxylic acids is 1. The van der Waals surface area contributed by atoms with E-state index in [1.807, 2.05) is 42.5 Å². The Kier molecular flexibility index (Phi) is 5.76. The lowest BCUT2D eigenvalue weighted by Gasteiger charge is -2.09. The molecule has 5 nitrogen and oxygen atoms in total. The van der Waals surface area contributed by atoms with Gasteiger partial charge in [0.2, 0.25) is 0 Å². The molecule has 0 aromatic heterocycles. The predicted molar refractivity (Wildman–Crippen MR) is 107 cm³/mol. The zero-order valence-electron chi connectivity index (χ0n) is 15.0. The van der Waals surface area contributed by atoms with Crippen molar-refractivity contribution in [2.24, 2.45) is 0 Å². The molecular formula is C21H21NO4S. The van der Waals surface area contributed by atoms with Crippen LogP contribution >= 0.6 is 0 Å². The lowest BCUT2D eigenvalue weighted by atomic mass is 10.1. The van der Waals surface area contributed by atoms with Gasteiger partial charge in [0, 0.05) is 11.8 Å². The molecule has 1 N–H and O–H groups in total. The van der Waals surface area contributed by atoms with Gasteiger partial charge in [0.15, 0.2) is 9.84 Å². The molecule has 3 aromatic rings. The Bertz CT molecular complexity index is 1040. The second kappa shape index (κ2) is 8.22. The van der Waals surface area contributed by atoms with Crippen LogP contribution in [-0.2, 0) is 15.6 Å². The van der Waals surface area contributed by atoms with Gasteiger partial charge in [-0.05, 0) is 40.6 Å². The van der Waals surface area contributed by atoms with Gasteiger partial charge >= 0.3 is 0 Å². The van der Waals surface area contributed by atoms with Gasteiger partial charge in [-0.3, -0.25) is 4.79 Å². The summed E-state index contributed by atoms with van der Waals surface area (Å²) in [5, 5.41) is 5.05. The van der Waals surface area contributed by atoms with Crippen molar-refractivity contribution in [3.8, 4) is 5.75 Å². The molecule has 0 aliphatic rings. The van der Waals surface area contributed by atoms with E-state index in [-0.39, 0.29) is 11.7 Å². The Morgan fingerprint density at radius 1 is 0.963 bits per heavy atom. The number of hydrogen-bond donors (Lipinski definition) is 1. The van der Waals surface area contributed by atoms with Gasteiger partial charge in [0.1, 0.15) is 12.4 Å². The van der Waals surface area contributed by atoms with Gasteiger partial charge in [0.05, 0.1) is 12.3 Å². The SMILES string of the molecule is CS(=O)(=O)Cc1ccc(C(=O)NCCOc2ccc3ccccc3c2)cc1. The number of hydrogen-bond acceptors (Lipinski definition) is 4. The lowest BCUT2D eigenvalue weighted by molar-refractivity contribution is 0.0947. The highest BCUT2D eigenvalue weighted by Crippen LogP contribution is 2.20. The van der Waals surface area contributed by atoms with Gasteiger partial charge in [-0.25, -0.2) is 8.42 Å². The molecule has 0 radical (unpaired) electrons. The van der Waals surface area contributed by atoms with Crippen LogP contribution in [0.5, 0.6) is 5.75 Å². The molecule has 0 saturated heterocycles. The first-order valence-electron chi connectivity index (χ1n) is 8.57. The molecule has 0 spiro atoms. The normalized spacial score (nSPS) is 11.3. The maximum Gasteiger partial charge on any atom is 0.251 e. The third-order valence-electron chi connectivity index (χ3n) is 4.02. The zero-order chi connectivity index (χ0) is 19.3. The molecule has 0 fully saturated rings. The highest BCUT2D eigenvalue weighted by Gasteiger charge is 2.08. The summed E-state index contributed by atoms with van der Waals surface area (Å²) in [5.41, 5.74) is 1.15. The number of sulfone groups is 1. The van der Waals surface area contributed by atoms with Gasteiger partial charge in [-0.2, -0.15) is 0 Å². The first-order chi connectivity index (χ1) is 12.9. The van der Waals surface area contributed by atoms with Crippen LogP contribution in [0, 0.1) is 0 Å². The number of carbonyl (C=O) groups is 1. The number of fused-ring (bicyclic) bond motifs is 1. The molecule has 3 aromatic carbocycles. The average Bonchev–Trinajstić information content (AvgIpc) is 2.64. The van der Waals surface area contributed by atoms with Crippen LogP contribution in [0.25, 0.3) is 10.8 Å². The average molecular weight is 383 g/mol. The molecule has 0 heterocycles. The smallest absolute Gasteiger partial charge is 0.251 e. The summed E-state index contributed by atoms with van der Waals surface area (Å²) in [7, 11) is -3.09. The zero-order valence-corrected chi connectivity index (χ0v) is 15.8. The fraction of sp³-hybridized carbons (Fsp3) is 0.190. The second-order valence-corrected chi connectivity index (χ2v) is 8.52. The first kappa shape index (κ1) is 18.9. The Labute approximate surface area is 158 Å². The minimum Gasteiger partial charge on any atom is -0.492 e. The van der Waals surface area contributed by atoms with E-state index in [4.69, 9.17) is 4.74 Å². The van der Waals surface area contributed by atoms with Crippen LogP contribution in [-0.4, -0.2) is 33.7 Å². The molecule has 0 aliphatic heterocycles. The molecule has 6 heteroatoms. The molecule has 0 saturated carbocycles. The van der Waals surface area contributed by atoms with E-state index in [0.717, 1.165) is 16.5 Å². The molecule has 0 atom stereocenters. The van der Waals surface area contributed by atoms with Crippen LogP contribution in [0.3, 0.4) is 0 Å². The molecule has 27 heavy (non-hydrogen) atoms. The number of nitrogens with one attached hydrogen (secondary N) is 1. The molecule has 3 rings (SSSR count). The van der Waals surface area contributed by atoms with Crippen molar-refractivity contribution >= 4 is 26.5 Å². The summed E-state index contributed by atoms with van der Waals surface area (Å²) >= 11 is 0. The van der Waals surface area contributed by atoms with E-state index >= 15 is 0 Å². The standard InChI is InChI=1S/C21H21NO4S/c1-27(24,25)15-16-6-8-18(9-7-16)21(23)22-12-13-26-20-11-10-17-4-2-3-5-19(17)14-20/h2-11,14H,12-13,15H2,1H3,(H,22,23). The van der Waals surface area contributed by atoms with Gasteiger partial charge in [0.25, 0.3) is 5.91 Å². The van der Waals surface area contributed by atoms with Crippen molar-refractivity contribution in [2.45, 2.75) is 5.75 Å². The van der Waals surface area contributed by atoms with Gasteiger partial charge in [-0.15, -0.1) is 0 Å². The molecule has 140 valence electrons. The van der Waals surface area contributed by atoms with E-state index in [1.54, 1.807) is 24.3 Å². The van der Waals surface area contributed by atoms with Crippen molar-refractivity contribution in [2.75, 3.05) is 19.4 Å². The van der Waals surface area contributed by atoms with E-state index in [2.05, 4.69) is 5.32 Å². The van der Waals surface area contributed by atoms with Crippen LogP contribution < -0.4 is 10.1 Å². The fourth-order valence-electron chi connectivity index (χ4n) is 2.75. The van der Waals surface area contributed by atoms with E-state index in [0.29, 0.717) is 24.3 Å². The fourth-order valence-corrected chi connectivity index (χ4v) is 3.55. The van der Waals surface area contributed by atoms with Crippen LogP contribution in [0.1, 0.15) is 15.9 Å². The number of benzene rings is 3. The highest BCUT2D eigenvalue weighted by molar-refractivity contribution is 7.89. The summed E-state index contributed by atoms with van der Waals surface area (Å²) in [6.45, 7) is 0.729. The molecular weight excluding hydrogens is 362 g/mol. The van der Waals surface area contributed by atoms with Gasteiger partial charge < -0.3 is 10.1 Å². The van der Waals surface area contributed by atoms with Crippen LogP contribution in [0.4, 0.5) is 0 Å². The quantitative estimate of drug-likeness (QED) is 0.636. The molecule has 0 bridgehead atoms. The monoisotopic (exact) mass is 383 g/mol. The summed E-state index contributed by atoms with van der Waals surface area (Å²) in [6.07, 6.45) is 1.18. The molecule has 1 amide bonds. The predicted octanol–water partition coefficient (Wildman–Crippen LogP) is 3.19. The Balaban J connectivity index is 1.48. The molecule has 0 unspecified atom stereocenters. The highest BCUT2D eigenvalue weighted by atomic mass is 32.2. The van der Waals surface area contributed by atoms with Crippen molar-refractivity contribution in [1.82, 2.24) is 5.32 Å². The van der Waals surface area contributed by atoms with Crippen LogP contribution in [0.2, 0.25) is 0 Å². The molecule has 0 aliphatic carbocycles. The summed E-state index contributed by atoms with van der Waals surface area (Å²) in [6, 6.07) is 20.5. The number of amides is 1.